The second kappa shape index (κ2) is 2.42. The van der Waals surface area contributed by atoms with Gasteiger partial charge in [-0.15, -0.1) is 0 Å². The molecule has 3 atom stereocenters. The number of alkyl halides is 1. The molecule has 0 aromatic rings. The summed E-state index contributed by atoms with van der Waals surface area (Å²) in [5.41, 5.74) is 2.26. The lowest BCUT2D eigenvalue weighted by Crippen LogP contribution is -2.00. The van der Waals surface area contributed by atoms with Crippen molar-refractivity contribution in [3.63, 3.8) is 0 Å². The molecule has 0 aromatic carbocycles. The zero-order chi connectivity index (χ0) is 9.22. The molecule has 0 aliphatic heterocycles. The van der Waals surface area contributed by atoms with Crippen molar-refractivity contribution in [2.45, 2.75) is 37.4 Å². The second-order valence-electron chi connectivity index (χ2n) is 5.50. The van der Waals surface area contributed by atoms with Crippen LogP contribution in [-0.4, -0.2) is 4.83 Å². The fourth-order valence-electron chi connectivity index (χ4n) is 2.78. The average molecular weight is 241 g/mol. The number of halogens is 1. The number of hydrogen-bond donors (Lipinski definition) is 0. The number of allylic oxidation sites excluding steroid dienone is 1. The van der Waals surface area contributed by atoms with E-state index in [0.717, 1.165) is 22.6 Å². The van der Waals surface area contributed by atoms with Gasteiger partial charge in [-0.2, -0.15) is 0 Å². The molecule has 0 heterocycles. The van der Waals surface area contributed by atoms with Gasteiger partial charge in [-0.1, -0.05) is 35.0 Å². The first-order valence-electron chi connectivity index (χ1n) is 5.46. The summed E-state index contributed by atoms with van der Waals surface area (Å²) in [6.07, 6.45) is 5.74. The van der Waals surface area contributed by atoms with E-state index in [1.165, 1.54) is 25.7 Å². The summed E-state index contributed by atoms with van der Waals surface area (Å²) in [4.78, 5) is 0.771. The zero-order valence-corrected chi connectivity index (χ0v) is 9.81. The van der Waals surface area contributed by atoms with Gasteiger partial charge in [0.1, 0.15) is 0 Å². The first kappa shape index (κ1) is 8.52. The van der Waals surface area contributed by atoms with E-state index in [4.69, 9.17) is 0 Å². The van der Waals surface area contributed by atoms with Gasteiger partial charge in [-0.25, -0.2) is 0 Å². The topological polar surface area (TPSA) is 0 Å². The van der Waals surface area contributed by atoms with E-state index in [2.05, 4.69) is 29.4 Å². The van der Waals surface area contributed by atoms with Gasteiger partial charge >= 0.3 is 0 Å². The van der Waals surface area contributed by atoms with Crippen LogP contribution in [0, 0.1) is 23.2 Å². The molecule has 3 saturated carbocycles. The van der Waals surface area contributed by atoms with Crippen LogP contribution in [0.2, 0.25) is 0 Å². The van der Waals surface area contributed by atoms with Gasteiger partial charge in [0.25, 0.3) is 0 Å². The van der Waals surface area contributed by atoms with Gasteiger partial charge in [0.2, 0.25) is 0 Å². The van der Waals surface area contributed by atoms with Gasteiger partial charge in [-0.3, -0.25) is 0 Å². The maximum atomic E-state index is 4.29. The summed E-state index contributed by atoms with van der Waals surface area (Å²) in [6.45, 7) is 6.74. The molecule has 0 aromatic heterocycles. The van der Waals surface area contributed by atoms with E-state index < -0.39 is 0 Å². The van der Waals surface area contributed by atoms with E-state index in [1.54, 1.807) is 5.57 Å². The molecule has 3 unspecified atom stereocenters. The Morgan fingerprint density at radius 2 is 2.00 bits per heavy atom. The first-order valence-corrected chi connectivity index (χ1v) is 6.38. The molecular formula is C12H17Br. The summed E-state index contributed by atoms with van der Waals surface area (Å²) in [6, 6.07) is 0. The van der Waals surface area contributed by atoms with E-state index >= 15 is 0 Å². The van der Waals surface area contributed by atoms with E-state index in [-0.39, 0.29) is 0 Å². The van der Waals surface area contributed by atoms with Crippen molar-refractivity contribution in [3.8, 4) is 0 Å². The van der Waals surface area contributed by atoms with Gasteiger partial charge < -0.3 is 0 Å². The Hall–Kier alpha value is 0.220. The van der Waals surface area contributed by atoms with Crippen molar-refractivity contribution in [1.29, 1.82) is 0 Å². The third-order valence-electron chi connectivity index (χ3n) is 4.31. The molecule has 1 heteroatoms. The van der Waals surface area contributed by atoms with Crippen molar-refractivity contribution in [2.24, 2.45) is 23.2 Å². The van der Waals surface area contributed by atoms with E-state index in [1.807, 2.05) is 0 Å². The van der Waals surface area contributed by atoms with Crippen molar-refractivity contribution in [1.82, 2.24) is 0 Å². The molecule has 3 aliphatic rings. The monoisotopic (exact) mass is 240 g/mol. The summed E-state index contributed by atoms with van der Waals surface area (Å²) < 4.78 is 0. The lowest BCUT2D eigenvalue weighted by Gasteiger charge is -2.07. The lowest BCUT2D eigenvalue weighted by atomic mass is 9.97. The highest BCUT2D eigenvalue weighted by molar-refractivity contribution is 9.09. The van der Waals surface area contributed by atoms with Gasteiger partial charge in [0.15, 0.2) is 0 Å². The lowest BCUT2D eigenvalue weighted by molar-refractivity contribution is 0.467. The summed E-state index contributed by atoms with van der Waals surface area (Å²) >= 11 is 3.83. The SMILES string of the molecule is C=C(C1CC1)C1C(Br)C1C1(C)CC1. The van der Waals surface area contributed by atoms with Crippen molar-refractivity contribution >= 4 is 15.9 Å². The quantitative estimate of drug-likeness (QED) is 0.521. The molecule has 3 aliphatic carbocycles. The largest absolute Gasteiger partial charge is 0.0992 e. The molecule has 0 radical (unpaired) electrons. The molecule has 3 rings (SSSR count). The molecule has 13 heavy (non-hydrogen) atoms. The third kappa shape index (κ3) is 1.23. The Kier molecular flexibility index (Phi) is 1.59. The van der Waals surface area contributed by atoms with Crippen LogP contribution in [0.3, 0.4) is 0 Å². The highest BCUT2D eigenvalue weighted by atomic mass is 79.9. The third-order valence-corrected chi connectivity index (χ3v) is 5.44. The number of rotatable bonds is 3. The van der Waals surface area contributed by atoms with Crippen LogP contribution in [0.25, 0.3) is 0 Å². The molecule has 72 valence electrons. The van der Waals surface area contributed by atoms with Crippen LogP contribution in [0.15, 0.2) is 12.2 Å². The van der Waals surface area contributed by atoms with Gasteiger partial charge in [-0.05, 0) is 48.9 Å². The Labute approximate surface area is 88.9 Å². The molecule has 0 amide bonds. The average Bonchev–Trinajstić information content (AvgIpc) is 2.87. The fraction of sp³-hybridized carbons (Fsp3) is 0.833. The van der Waals surface area contributed by atoms with Crippen LogP contribution >= 0.6 is 15.9 Å². The van der Waals surface area contributed by atoms with E-state index in [0.29, 0.717) is 5.41 Å². The zero-order valence-electron chi connectivity index (χ0n) is 8.22. The van der Waals surface area contributed by atoms with Gasteiger partial charge in [0.05, 0.1) is 0 Å². The minimum absolute atomic E-state index is 0.691. The summed E-state index contributed by atoms with van der Waals surface area (Å²) in [7, 11) is 0. The predicted molar refractivity (Wildman–Crippen MR) is 58.9 cm³/mol. The highest BCUT2D eigenvalue weighted by Crippen LogP contribution is 2.69. The Balaban J connectivity index is 1.70. The van der Waals surface area contributed by atoms with Crippen LogP contribution in [0.5, 0.6) is 0 Å². The Morgan fingerprint density at radius 3 is 2.46 bits per heavy atom. The number of hydrogen-bond acceptors (Lipinski definition) is 0. The fourth-order valence-corrected chi connectivity index (χ4v) is 4.24. The molecule has 0 nitrogen and oxygen atoms in total. The molecule has 0 N–H and O–H groups in total. The van der Waals surface area contributed by atoms with Crippen LogP contribution < -0.4 is 0 Å². The minimum Gasteiger partial charge on any atom is -0.0992 e. The van der Waals surface area contributed by atoms with Crippen molar-refractivity contribution in [3.05, 3.63) is 12.2 Å². The minimum atomic E-state index is 0.691. The molecule has 0 spiro atoms. The maximum Gasteiger partial charge on any atom is 0.0254 e. The maximum absolute atomic E-state index is 4.29. The molecule has 0 saturated heterocycles. The summed E-state index contributed by atoms with van der Waals surface area (Å²) in [5, 5.41) is 0. The van der Waals surface area contributed by atoms with Crippen molar-refractivity contribution in [2.75, 3.05) is 0 Å². The molecule has 0 bridgehead atoms. The summed E-state index contributed by atoms with van der Waals surface area (Å²) in [5.74, 6) is 2.66. The highest BCUT2D eigenvalue weighted by Gasteiger charge is 2.63. The van der Waals surface area contributed by atoms with Crippen LogP contribution in [-0.2, 0) is 0 Å². The molecule has 3 fully saturated rings. The van der Waals surface area contributed by atoms with Crippen LogP contribution in [0.1, 0.15) is 32.6 Å². The van der Waals surface area contributed by atoms with E-state index in [9.17, 15) is 0 Å². The van der Waals surface area contributed by atoms with Crippen LogP contribution in [0.4, 0.5) is 0 Å². The Morgan fingerprint density at radius 1 is 1.38 bits per heavy atom. The predicted octanol–water partition coefficient (Wildman–Crippen LogP) is 3.76. The smallest absolute Gasteiger partial charge is 0.0254 e. The standard InChI is InChI=1S/C12H17Br/c1-7(8-3-4-8)9-10(11(9)13)12(2)5-6-12/h8-11H,1,3-6H2,2H3. The van der Waals surface area contributed by atoms with Gasteiger partial charge in [0, 0.05) is 4.83 Å². The molecular weight excluding hydrogens is 224 g/mol. The van der Waals surface area contributed by atoms with Crippen molar-refractivity contribution < 1.29 is 0 Å². The Bertz CT molecular complexity index is 260. The first-order chi connectivity index (χ1) is 6.13. The second-order valence-corrected chi connectivity index (χ2v) is 6.56. The normalized spacial score (nSPS) is 45.8.